The van der Waals surface area contributed by atoms with Crippen LogP contribution in [0.5, 0.6) is 5.88 Å². The van der Waals surface area contributed by atoms with Gasteiger partial charge in [0.1, 0.15) is 5.60 Å². The van der Waals surface area contributed by atoms with Crippen molar-refractivity contribution in [1.82, 2.24) is 9.97 Å². The molecule has 0 aromatic carbocycles. The van der Waals surface area contributed by atoms with Crippen LogP contribution in [0.25, 0.3) is 0 Å². The summed E-state index contributed by atoms with van der Waals surface area (Å²) >= 11 is 0. The molecule has 1 aliphatic rings. The molecule has 0 saturated heterocycles. The van der Waals surface area contributed by atoms with Gasteiger partial charge in [0, 0.05) is 6.42 Å². The van der Waals surface area contributed by atoms with Crippen LogP contribution in [0.4, 0.5) is 0 Å². The van der Waals surface area contributed by atoms with E-state index in [9.17, 15) is 4.79 Å². The van der Waals surface area contributed by atoms with E-state index in [4.69, 9.17) is 9.84 Å². The average Bonchev–Trinajstić information content (AvgIpc) is 2.00. The highest BCUT2D eigenvalue weighted by molar-refractivity contribution is 5.89. The lowest BCUT2D eigenvalue weighted by molar-refractivity contribution is -0.00822. The Kier molecular flexibility index (Phi) is 1.70. The maximum Gasteiger partial charge on any atom is 0.359 e. The van der Waals surface area contributed by atoms with Crippen molar-refractivity contribution in [1.29, 1.82) is 0 Å². The van der Waals surface area contributed by atoms with Crippen LogP contribution in [0.1, 0.15) is 30.0 Å². The van der Waals surface area contributed by atoms with Gasteiger partial charge in [-0.3, -0.25) is 0 Å². The summed E-state index contributed by atoms with van der Waals surface area (Å²) in [6.07, 6.45) is 1.61. The zero-order valence-corrected chi connectivity index (χ0v) is 7.94. The van der Waals surface area contributed by atoms with E-state index in [1.54, 1.807) is 13.8 Å². The van der Waals surface area contributed by atoms with Gasteiger partial charge in [-0.2, -0.15) is 0 Å². The van der Waals surface area contributed by atoms with Gasteiger partial charge in [0.15, 0.2) is 5.69 Å². The molecular weight excluding hydrogens is 184 g/mol. The third kappa shape index (κ3) is 1.41. The topological polar surface area (TPSA) is 72.3 Å². The monoisotopic (exact) mass is 194 g/mol. The van der Waals surface area contributed by atoms with Crippen molar-refractivity contribution in [3.63, 3.8) is 0 Å². The van der Waals surface area contributed by atoms with Crippen LogP contribution in [0.15, 0.2) is 6.20 Å². The number of carbonyl (C=O) groups excluding carboxylic acids is 1. The Balaban J connectivity index is 2.51. The average molecular weight is 194 g/mol. The number of ether oxygens (including phenoxy) is 1. The van der Waals surface area contributed by atoms with E-state index in [1.807, 2.05) is 0 Å². The summed E-state index contributed by atoms with van der Waals surface area (Å²) in [5, 5.41) is 9.12. The van der Waals surface area contributed by atoms with Gasteiger partial charge in [0.25, 0.3) is 0 Å². The molecule has 1 aromatic rings. The van der Waals surface area contributed by atoms with E-state index in [1.165, 1.54) is 0 Å². The van der Waals surface area contributed by atoms with Gasteiger partial charge in [-0.05, 0) is 13.8 Å². The number of esters is 1. The molecule has 14 heavy (non-hydrogen) atoms. The molecule has 0 atom stereocenters. The van der Waals surface area contributed by atoms with E-state index in [2.05, 4.69) is 9.97 Å². The van der Waals surface area contributed by atoms with Crippen LogP contribution < -0.4 is 0 Å². The predicted octanol–water partition coefficient (Wildman–Crippen LogP) is 0.674. The molecule has 1 aromatic heterocycles. The largest absolute Gasteiger partial charge is 0.492 e. The second kappa shape index (κ2) is 2.67. The fraction of sp³-hybridized carbons (Fsp3) is 0.444. The van der Waals surface area contributed by atoms with Gasteiger partial charge in [-0.1, -0.05) is 0 Å². The van der Waals surface area contributed by atoms with Crippen molar-refractivity contribution in [2.45, 2.75) is 25.9 Å². The number of hydrogen-bond acceptors (Lipinski definition) is 5. The van der Waals surface area contributed by atoms with E-state index in [0.717, 1.165) is 6.20 Å². The number of aromatic hydroxyl groups is 1. The Labute approximate surface area is 80.8 Å². The lowest BCUT2D eigenvalue weighted by Gasteiger charge is -2.29. The van der Waals surface area contributed by atoms with Crippen molar-refractivity contribution in [3.8, 4) is 5.88 Å². The molecule has 0 bridgehead atoms. The highest BCUT2D eigenvalue weighted by Gasteiger charge is 2.34. The summed E-state index contributed by atoms with van der Waals surface area (Å²) in [5.74, 6) is -0.655. The molecule has 0 fully saturated rings. The predicted molar refractivity (Wildman–Crippen MR) is 46.9 cm³/mol. The Bertz CT molecular complexity index is 401. The highest BCUT2D eigenvalue weighted by atomic mass is 16.6. The molecule has 1 aliphatic heterocycles. The Morgan fingerprint density at radius 1 is 1.57 bits per heavy atom. The van der Waals surface area contributed by atoms with Gasteiger partial charge in [-0.15, -0.1) is 0 Å². The Hall–Kier alpha value is -1.65. The maximum atomic E-state index is 11.4. The molecule has 5 nitrogen and oxygen atoms in total. The minimum absolute atomic E-state index is 0.172. The summed E-state index contributed by atoms with van der Waals surface area (Å²) in [5.41, 5.74) is 0.111. The van der Waals surface area contributed by atoms with Crippen LogP contribution in [0.2, 0.25) is 0 Å². The van der Waals surface area contributed by atoms with Gasteiger partial charge in [-0.25, -0.2) is 14.8 Å². The Morgan fingerprint density at radius 3 is 3.00 bits per heavy atom. The fourth-order valence-electron chi connectivity index (χ4n) is 1.45. The minimum atomic E-state index is -0.577. The van der Waals surface area contributed by atoms with Gasteiger partial charge >= 0.3 is 5.97 Å². The fourth-order valence-corrected chi connectivity index (χ4v) is 1.45. The second-order valence-corrected chi connectivity index (χ2v) is 3.85. The SMILES string of the molecule is CC1(C)Cc2nc(O)cnc2C(=O)O1. The van der Waals surface area contributed by atoms with Crippen LogP contribution in [0, 0.1) is 0 Å². The van der Waals surface area contributed by atoms with Crippen molar-refractivity contribution in [2.75, 3.05) is 0 Å². The lowest BCUT2D eigenvalue weighted by atomic mass is 9.98. The first kappa shape index (κ1) is 8.93. The second-order valence-electron chi connectivity index (χ2n) is 3.85. The van der Waals surface area contributed by atoms with Crippen LogP contribution in [-0.2, 0) is 11.2 Å². The third-order valence-electron chi connectivity index (χ3n) is 1.99. The van der Waals surface area contributed by atoms with Crippen LogP contribution >= 0.6 is 0 Å². The first-order valence-corrected chi connectivity index (χ1v) is 4.26. The number of fused-ring (bicyclic) bond motifs is 1. The summed E-state index contributed by atoms with van der Waals surface area (Å²) in [6, 6.07) is 0. The molecule has 74 valence electrons. The first-order valence-electron chi connectivity index (χ1n) is 4.26. The zero-order valence-electron chi connectivity index (χ0n) is 7.94. The number of cyclic esters (lactones) is 1. The molecule has 0 amide bonds. The molecule has 2 rings (SSSR count). The summed E-state index contributed by atoms with van der Waals surface area (Å²) < 4.78 is 5.12. The smallest absolute Gasteiger partial charge is 0.359 e. The third-order valence-corrected chi connectivity index (χ3v) is 1.99. The molecule has 5 heteroatoms. The van der Waals surface area contributed by atoms with Gasteiger partial charge in [0.05, 0.1) is 11.9 Å². The van der Waals surface area contributed by atoms with Crippen LogP contribution in [0.3, 0.4) is 0 Å². The number of rotatable bonds is 0. The first-order chi connectivity index (χ1) is 6.48. The van der Waals surface area contributed by atoms with E-state index < -0.39 is 11.6 Å². The number of aromatic nitrogens is 2. The molecule has 2 heterocycles. The standard InChI is InChI=1S/C9H10N2O3/c1-9(2)3-5-7(8(13)14-9)10-4-6(12)11-5/h4H,3H2,1-2H3,(H,11,12). The Morgan fingerprint density at radius 2 is 2.29 bits per heavy atom. The maximum absolute atomic E-state index is 11.4. The molecule has 0 unspecified atom stereocenters. The summed E-state index contributed by atoms with van der Waals surface area (Å²) in [7, 11) is 0. The van der Waals surface area contributed by atoms with E-state index >= 15 is 0 Å². The minimum Gasteiger partial charge on any atom is -0.492 e. The molecule has 1 N–H and O–H groups in total. The van der Waals surface area contributed by atoms with Crippen molar-refractivity contribution in [3.05, 3.63) is 17.6 Å². The molecule has 0 saturated carbocycles. The van der Waals surface area contributed by atoms with E-state index in [-0.39, 0.29) is 11.6 Å². The van der Waals surface area contributed by atoms with E-state index in [0.29, 0.717) is 12.1 Å². The van der Waals surface area contributed by atoms with Gasteiger partial charge in [0.2, 0.25) is 5.88 Å². The van der Waals surface area contributed by atoms with Crippen molar-refractivity contribution >= 4 is 5.97 Å². The van der Waals surface area contributed by atoms with Gasteiger partial charge < -0.3 is 9.84 Å². The van der Waals surface area contributed by atoms with Crippen molar-refractivity contribution in [2.24, 2.45) is 0 Å². The quantitative estimate of drug-likeness (QED) is 0.614. The highest BCUT2D eigenvalue weighted by Crippen LogP contribution is 2.25. The zero-order chi connectivity index (χ0) is 10.3. The lowest BCUT2D eigenvalue weighted by Crippen LogP contribution is -2.37. The molecule has 0 spiro atoms. The number of carbonyl (C=O) groups is 1. The van der Waals surface area contributed by atoms with Crippen molar-refractivity contribution < 1.29 is 14.6 Å². The molecule has 0 aliphatic carbocycles. The summed E-state index contributed by atoms with van der Waals surface area (Å²) in [6.45, 7) is 3.58. The molecule has 0 radical (unpaired) electrons. The number of hydrogen-bond donors (Lipinski definition) is 1. The normalized spacial score (nSPS) is 18.6. The number of nitrogens with zero attached hydrogens (tertiary/aromatic N) is 2. The van der Waals surface area contributed by atoms with Crippen LogP contribution in [-0.4, -0.2) is 26.6 Å². The molecular formula is C9H10N2O3. The summed E-state index contributed by atoms with van der Waals surface area (Å²) in [4.78, 5) is 19.0.